The quantitative estimate of drug-likeness (QED) is 0.305. The maximum Gasteiger partial charge on any atom is 0.282 e. The fraction of sp³-hybridized carbons (Fsp3) is 0.0800. The molecule has 0 bridgehead atoms. The molecule has 5 aromatic rings. The van der Waals surface area contributed by atoms with Gasteiger partial charge in [-0.15, -0.1) is 0 Å². The number of hydrogen-bond acceptors (Lipinski definition) is 7. The fourth-order valence-electron chi connectivity index (χ4n) is 3.86. The Morgan fingerprint density at radius 3 is 2.74 bits per heavy atom. The Balaban J connectivity index is 1.56. The lowest BCUT2D eigenvalue weighted by Gasteiger charge is -2.07. The van der Waals surface area contributed by atoms with Crippen molar-refractivity contribution in [2.75, 3.05) is 13.9 Å². The fourth-order valence-corrected chi connectivity index (χ4v) is 4.29. The second-order valence-electron chi connectivity index (χ2n) is 7.52. The van der Waals surface area contributed by atoms with Crippen molar-refractivity contribution in [2.45, 2.75) is 0 Å². The number of para-hydroxylation sites is 1. The van der Waals surface area contributed by atoms with Crippen LogP contribution in [0.3, 0.4) is 0 Å². The minimum Gasteiger partial charge on any atom is -0.496 e. The summed E-state index contributed by atoms with van der Waals surface area (Å²) >= 11 is 3.52. The highest BCUT2D eigenvalue weighted by Gasteiger charge is 2.19. The number of rotatable bonds is 4. The summed E-state index contributed by atoms with van der Waals surface area (Å²) in [5.74, 6) is 2.58. The van der Waals surface area contributed by atoms with Crippen molar-refractivity contribution in [3.05, 3.63) is 81.1 Å². The van der Waals surface area contributed by atoms with E-state index in [4.69, 9.17) is 23.6 Å². The highest BCUT2D eigenvalue weighted by molar-refractivity contribution is 9.10. The standard InChI is InChI=1S/C25H16BrN3O5/c1-31-19-7-4-8-20-16(19)10-23(34-20)24-28-18-6-3-2-5-15(18)25(30)29(24)27-12-14-9-21-22(11-17(14)26)33-13-32-21/h2-12H,13H2,1H3. The van der Waals surface area contributed by atoms with Crippen LogP contribution in [0.4, 0.5) is 0 Å². The Hall–Kier alpha value is -4.11. The van der Waals surface area contributed by atoms with Crippen molar-refractivity contribution in [2.24, 2.45) is 5.10 Å². The molecular formula is C25H16BrN3O5. The first-order chi connectivity index (χ1) is 16.6. The molecular weight excluding hydrogens is 502 g/mol. The van der Waals surface area contributed by atoms with Gasteiger partial charge in [-0.2, -0.15) is 9.78 Å². The summed E-state index contributed by atoms with van der Waals surface area (Å²) < 4.78 is 24.4. The lowest BCUT2D eigenvalue weighted by molar-refractivity contribution is 0.174. The highest BCUT2D eigenvalue weighted by Crippen LogP contribution is 2.36. The van der Waals surface area contributed by atoms with E-state index in [9.17, 15) is 4.79 Å². The van der Waals surface area contributed by atoms with Crippen molar-refractivity contribution in [3.8, 4) is 28.8 Å². The van der Waals surface area contributed by atoms with Crippen molar-refractivity contribution in [1.82, 2.24) is 9.66 Å². The molecule has 1 aliphatic rings. The summed E-state index contributed by atoms with van der Waals surface area (Å²) in [6.45, 7) is 0.163. The minimum atomic E-state index is -0.318. The predicted octanol–water partition coefficient (Wildman–Crippen LogP) is 5.19. The molecule has 0 spiro atoms. The first kappa shape index (κ1) is 20.5. The van der Waals surface area contributed by atoms with Crippen LogP contribution in [-0.4, -0.2) is 29.8 Å². The summed E-state index contributed by atoms with van der Waals surface area (Å²) in [6, 6.07) is 18.0. The van der Waals surface area contributed by atoms with E-state index in [0.717, 1.165) is 9.86 Å². The average Bonchev–Trinajstić information content (AvgIpc) is 3.49. The normalized spacial score (nSPS) is 12.8. The first-order valence-electron chi connectivity index (χ1n) is 10.3. The molecule has 2 aromatic heterocycles. The summed E-state index contributed by atoms with van der Waals surface area (Å²) in [7, 11) is 1.60. The van der Waals surface area contributed by atoms with Gasteiger partial charge in [-0.3, -0.25) is 4.79 Å². The van der Waals surface area contributed by atoms with E-state index in [-0.39, 0.29) is 18.2 Å². The molecule has 0 saturated heterocycles. The number of aromatic nitrogens is 2. The number of hydrogen-bond donors (Lipinski definition) is 0. The number of ether oxygens (including phenoxy) is 3. The zero-order valence-electron chi connectivity index (χ0n) is 17.8. The van der Waals surface area contributed by atoms with Gasteiger partial charge >= 0.3 is 0 Å². The van der Waals surface area contributed by atoms with E-state index < -0.39 is 0 Å². The zero-order valence-corrected chi connectivity index (χ0v) is 19.4. The van der Waals surface area contributed by atoms with Crippen LogP contribution in [0.15, 0.2) is 79.4 Å². The molecule has 0 saturated carbocycles. The van der Waals surface area contributed by atoms with Crippen LogP contribution in [0.2, 0.25) is 0 Å². The first-order valence-corrected chi connectivity index (χ1v) is 11.1. The summed E-state index contributed by atoms with van der Waals surface area (Å²) in [6.07, 6.45) is 1.57. The highest BCUT2D eigenvalue weighted by atomic mass is 79.9. The van der Waals surface area contributed by atoms with E-state index in [1.165, 1.54) is 4.68 Å². The van der Waals surface area contributed by atoms with Gasteiger partial charge in [0.25, 0.3) is 5.56 Å². The third kappa shape index (κ3) is 3.32. The van der Waals surface area contributed by atoms with Crippen LogP contribution in [0.1, 0.15) is 5.56 Å². The lowest BCUT2D eigenvalue weighted by Crippen LogP contribution is -2.20. The van der Waals surface area contributed by atoms with Crippen LogP contribution in [-0.2, 0) is 0 Å². The molecule has 0 atom stereocenters. The molecule has 168 valence electrons. The molecule has 0 aliphatic carbocycles. The monoisotopic (exact) mass is 517 g/mol. The number of halogens is 1. The van der Waals surface area contributed by atoms with Crippen LogP contribution in [0, 0.1) is 0 Å². The van der Waals surface area contributed by atoms with Crippen LogP contribution in [0.5, 0.6) is 17.2 Å². The van der Waals surface area contributed by atoms with E-state index in [1.807, 2.05) is 24.3 Å². The zero-order chi connectivity index (χ0) is 23.2. The van der Waals surface area contributed by atoms with E-state index in [0.29, 0.717) is 45.1 Å². The predicted molar refractivity (Wildman–Crippen MR) is 131 cm³/mol. The largest absolute Gasteiger partial charge is 0.496 e. The molecule has 0 fully saturated rings. The van der Waals surface area contributed by atoms with Crippen molar-refractivity contribution in [3.63, 3.8) is 0 Å². The maximum absolute atomic E-state index is 13.4. The molecule has 6 rings (SSSR count). The van der Waals surface area contributed by atoms with E-state index >= 15 is 0 Å². The van der Waals surface area contributed by atoms with Gasteiger partial charge in [-0.1, -0.05) is 18.2 Å². The number of benzene rings is 3. The molecule has 34 heavy (non-hydrogen) atoms. The van der Waals surface area contributed by atoms with Crippen LogP contribution in [0.25, 0.3) is 33.5 Å². The number of fused-ring (bicyclic) bond motifs is 3. The Morgan fingerprint density at radius 1 is 1.06 bits per heavy atom. The number of furan rings is 1. The van der Waals surface area contributed by atoms with Crippen molar-refractivity contribution < 1.29 is 18.6 Å². The second-order valence-corrected chi connectivity index (χ2v) is 8.38. The Labute approximate surface area is 201 Å². The number of nitrogens with zero attached hydrogens (tertiary/aromatic N) is 3. The van der Waals surface area contributed by atoms with Gasteiger partial charge in [-0.25, -0.2) is 4.98 Å². The van der Waals surface area contributed by atoms with Gasteiger partial charge in [0.15, 0.2) is 17.3 Å². The smallest absolute Gasteiger partial charge is 0.282 e. The number of methoxy groups -OCH3 is 1. The summed E-state index contributed by atoms with van der Waals surface area (Å²) in [4.78, 5) is 18.1. The third-order valence-electron chi connectivity index (χ3n) is 5.52. The summed E-state index contributed by atoms with van der Waals surface area (Å²) in [5.41, 5.74) is 1.55. The molecule has 9 heteroatoms. The Morgan fingerprint density at radius 2 is 1.88 bits per heavy atom. The lowest BCUT2D eigenvalue weighted by atomic mass is 10.2. The molecule has 3 heterocycles. The Bertz CT molecular complexity index is 1670. The van der Waals surface area contributed by atoms with Crippen molar-refractivity contribution in [1.29, 1.82) is 0 Å². The van der Waals surface area contributed by atoms with Gasteiger partial charge in [0, 0.05) is 10.0 Å². The van der Waals surface area contributed by atoms with Gasteiger partial charge < -0.3 is 18.6 Å². The van der Waals surface area contributed by atoms with Gasteiger partial charge in [0.1, 0.15) is 11.3 Å². The third-order valence-corrected chi connectivity index (χ3v) is 6.21. The van der Waals surface area contributed by atoms with E-state index in [2.05, 4.69) is 21.0 Å². The van der Waals surface area contributed by atoms with Gasteiger partial charge in [-0.05, 0) is 58.4 Å². The SMILES string of the molecule is COc1cccc2oc(-c3nc4ccccc4c(=O)n3N=Cc3cc4c(cc3Br)OCO4)cc12. The van der Waals surface area contributed by atoms with Gasteiger partial charge in [0.05, 0.1) is 29.6 Å². The van der Waals surface area contributed by atoms with Gasteiger partial charge in [0.2, 0.25) is 12.6 Å². The molecule has 0 N–H and O–H groups in total. The minimum absolute atomic E-state index is 0.163. The topological polar surface area (TPSA) is 88.1 Å². The van der Waals surface area contributed by atoms with Crippen LogP contribution >= 0.6 is 15.9 Å². The molecule has 0 radical (unpaired) electrons. The van der Waals surface area contributed by atoms with E-state index in [1.54, 1.807) is 49.7 Å². The Kier molecular flexibility index (Phi) is 4.84. The maximum atomic E-state index is 13.4. The molecule has 0 unspecified atom stereocenters. The molecule has 8 nitrogen and oxygen atoms in total. The van der Waals surface area contributed by atoms with Crippen LogP contribution < -0.4 is 19.8 Å². The molecule has 1 aliphatic heterocycles. The molecule has 3 aromatic carbocycles. The molecule has 0 amide bonds. The average molecular weight is 518 g/mol. The summed E-state index contributed by atoms with van der Waals surface area (Å²) in [5, 5.41) is 5.72. The van der Waals surface area contributed by atoms with Crippen molar-refractivity contribution >= 4 is 44.0 Å². The second kappa shape index (κ2) is 8.03.